The van der Waals surface area contributed by atoms with Crippen LogP contribution in [-0.2, 0) is 14.3 Å². The largest absolute Gasteiger partial charge is 0.373 e. The van der Waals surface area contributed by atoms with Gasteiger partial charge in [-0.25, -0.2) is 0 Å². The summed E-state index contributed by atoms with van der Waals surface area (Å²) in [6, 6.07) is 7.50. The maximum atomic E-state index is 12.4. The maximum absolute atomic E-state index is 12.4. The summed E-state index contributed by atoms with van der Waals surface area (Å²) in [7, 11) is 0. The second kappa shape index (κ2) is 6.91. The van der Waals surface area contributed by atoms with Gasteiger partial charge in [-0.3, -0.25) is 14.5 Å². The Morgan fingerprint density at radius 2 is 2.08 bits per heavy atom. The van der Waals surface area contributed by atoms with Crippen molar-refractivity contribution in [2.75, 3.05) is 43.0 Å². The van der Waals surface area contributed by atoms with Gasteiger partial charge in [0.05, 0.1) is 30.1 Å². The lowest BCUT2D eigenvalue weighted by Crippen LogP contribution is -2.50. The van der Waals surface area contributed by atoms with Gasteiger partial charge in [-0.1, -0.05) is 12.1 Å². The van der Waals surface area contributed by atoms with Crippen LogP contribution in [0.2, 0.25) is 0 Å². The molecule has 2 aliphatic heterocycles. The van der Waals surface area contributed by atoms with Crippen LogP contribution >= 0.6 is 0 Å². The standard InChI is InChI=1S/C18H25N3O3/c1-18(2)13-20(10-11-24-18)12-16(22)19-14-6-3-4-7-15(14)21-9-5-8-17(21)23/h3-4,6-7H,5,8-13H2,1-2H3,(H,19,22). The van der Waals surface area contributed by atoms with E-state index in [0.29, 0.717) is 31.8 Å². The number of nitrogens with zero attached hydrogens (tertiary/aromatic N) is 2. The Morgan fingerprint density at radius 3 is 2.79 bits per heavy atom. The van der Waals surface area contributed by atoms with Crippen molar-refractivity contribution in [3.8, 4) is 0 Å². The lowest BCUT2D eigenvalue weighted by atomic mass is 10.1. The number of carbonyl (C=O) groups excluding carboxylic acids is 2. The third kappa shape index (κ3) is 3.94. The first kappa shape index (κ1) is 16.9. The molecule has 1 aromatic carbocycles. The molecule has 0 bridgehead atoms. The molecule has 3 rings (SSSR count). The lowest BCUT2D eigenvalue weighted by molar-refractivity contribution is -0.123. The summed E-state index contributed by atoms with van der Waals surface area (Å²) >= 11 is 0. The average molecular weight is 331 g/mol. The van der Waals surface area contributed by atoms with Crippen molar-refractivity contribution in [2.45, 2.75) is 32.3 Å². The highest BCUT2D eigenvalue weighted by atomic mass is 16.5. The molecular weight excluding hydrogens is 306 g/mol. The Labute approximate surface area is 142 Å². The van der Waals surface area contributed by atoms with Crippen LogP contribution in [0.25, 0.3) is 0 Å². The molecule has 2 saturated heterocycles. The van der Waals surface area contributed by atoms with Gasteiger partial charge >= 0.3 is 0 Å². The predicted molar refractivity (Wildman–Crippen MR) is 93.1 cm³/mol. The normalized spacial score (nSPS) is 21.1. The van der Waals surface area contributed by atoms with Gasteiger partial charge in [0, 0.05) is 26.1 Å². The fraction of sp³-hybridized carbons (Fsp3) is 0.556. The van der Waals surface area contributed by atoms with Gasteiger partial charge in [0.2, 0.25) is 11.8 Å². The first-order valence-electron chi connectivity index (χ1n) is 8.50. The van der Waals surface area contributed by atoms with Crippen molar-refractivity contribution in [3.05, 3.63) is 24.3 Å². The number of benzene rings is 1. The molecule has 6 nitrogen and oxygen atoms in total. The van der Waals surface area contributed by atoms with E-state index in [9.17, 15) is 9.59 Å². The van der Waals surface area contributed by atoms with E-state index in [1.807, 2.05) is 38.1 Å². The molecule has 0 atom stereocenters. The van der Waals surface area contributed by atoms with Crippen LogP contribution in [0.3, 0.4) is 0 Å². The summed E-state index contributed by atoms with van der Waals surface area (Å²) in [5, 5.41) is 2.97. The number of morpholine rings is 1. The van der Waals surface area contributed by atoms with Crippen molar-refractivity contribution in [2.24, 2.45) is 0 Å². The molecule has 0 spiro atoms. The van der Waals surface area contributed by atoms with E-state index in [4.69, 9.17) is 4.74 Å². The molecule has 1 N–H and O–H groups in total. The fourth-order valence-electron chi connectivity index (χ4n) is 3.36. The molecule has 0 saturated carbocycles. The number of carbonyl (C=O) groups is 2. The Kier molecular flexibility index (Phi) is 4.87. The van der Waals surface area contributed by atoms with E-state index in [0.717, 1.165) is 25.2 Å². The highest BCUT2D eigenvalue weighted by molar-refractivity contribution is 6.02. The second-order valence-electron chi connectivity index (χ2n) is 7.03. The number of rotatable bonds is 4. The molecule has 2 fully saturated rings. The zero-order valence-corrected chi connectivity index (χ0v) is 14.4. The number of hydrogen-bond acceptors (Lipinski definition) is 4. The van der Waals surface area contributed by atoms with E-state index < -0.39 is 0 Å². The maximum Gasteiger partial charge on any atom is 0.238 e. The molecule has 0 unspecified atom stereocenters. The zero-order valence-electron chi connectivity index (χ0n) is 14.4. The summed E-state index contributed by atoms with van der Waals surface area (Å²) in [5.41, 5.74) is 1.26. The summed E-state index contributed by atoms with van der Waals surface area (Å²) in [6.45, 7) is 7.23. The van der Waals surface area contributed by atoms with E-state index in [2.05, 4.69) is 10.2 Å². The van der Waals surface area contributed by atoms with Gasteiger partial charge in [0.1, 0.15) is 0 Å². The Hall–Kier alpha value is -1.92. The first-order valence-corrected chi connectivity index (χ1v) is 8.50. The van der Waals surface area contributed by atoms with Crippen molar-refractivity contribution < 1.29 is 14.3 Å². The number of hydrogen-bond donors (Lipinski definition) is 1. The number of ether oxygens (including phenoxy) is 1. The highest BCUT2D eigenvalue weighted by Gasteiger charge is 2.29. The molecule has 2 aliphatic rings. The predicted octanol–water partition coefficient (Wildman–Crippen LogP) is 1.86. The quantitative estimate of drug-likeness (QED) is 0.915. The van der Waals surface area contributed by atoms with Gasteiger partial charge in [-0.05, 0) is 32.4 Å². The molecular formula is C18H25N3O3. The van der Waals surface area contributed by atoms with Crippen LogP contribution in [0.4, 0.5) is 11.4 Å². The molecule has 0 aromatic heterocycles. The van der Waals surface area contributed by atoms with Crippen LogP contribution in [0.15, 0.2) is 24.3 Å². The third-order valence-electron chi connectivity index (χ3n) is 4.41. The first-order chi connectivity index (χ1) is 11.4. The average Bonchev–Trinajstić information content (AvgIpc) is 2.92. The Morgan fingerprint density at radius 1 is 1.29 bits per heavy atom. The van der Waals surface area contributed by atoms with Gasteiger partial charge in [0.25, 0.3) is 0 Å². The smallest absolute Gasteiger partial charge is 0.238 e. The van der Waals surface area contributed by atoms with Gasteiger partial charge in [0.15, 0.2) is 0 Å². The zero-order chi connectivity index (χ0) is 17.2. The Balaban J connectivity index is 1.65. The molecule has 0 aliphatic carbocycles. The summed E-state index contributed by atoms with van der Waals surface area (Å²) < 4.78 is 5.68. The van der Waals surface area contributed by atoms with Crippen molar-refractivity contribution in [1.29, 1.82) is 0 Å². The monoisotopic (exact) mass is 331 g/mol. The van der Waals surface area contributed by atoms with Crippen molar-refractivity contribution >= 4 is 23.2 Å². The summed E-state index contributed by atoms with van der Waals surface area (Å²) in [4.78, 5) is 28.3. The molecule has 24 heavy (non-hydrogen) atoms. The van der Waals surface area contributed by atoms with E-state index >= 15 is 0 Å². The second-order valence-corrected chi connectivity index (χ2v) is 7.03. The van der Waals surface area contributed by atoms with Crippen molar-refractivity contribution in [3.63, 3.8) is 0 Å². The fourth-order valence-corrected chi connectivity index (χ4v) is 3.36. The van der Waals surface area contributed by atoms with E-state index in [1.54, 1.807) is 4.90 Å². The summed E-state index contributed by atoms with van der Waals surface area (Å²) in [5.74, 6) is 0.0541. The number of anilines is 2. The minimum absolute atomic E-state index is 0.0632. The topological polar surface area (TPSA) is 61.9 Å². The van der Waals surface area contributed by atoms with Gasteiger partial charge in [-0.15, -0.1) is 0 Å². The minimum Gasteiger partial charge on any atom is -0.373 e. The van der Waals surface area contributed by atoms with Gasteiger partial charge < -0.3 is 15.0 Å². The van der Waals surface area contributed by atoms with Gasteiger partial charge in [-0.2, -0.15) is 0 Å². The molecule has 1 aromatic rings. The van der Waals surface area contributed by atoms with Crippen LogP contribution in [0.5, 0.6) is 0 Å². The number of para-hydroxylation sites is 2. The molecule has 0 radical (unpaired) electrons. The SMILES string of the molecule is CC1(C)CN(CC(=O)Nc2ccccc2N2CCCC2=O)CCO1. The van der Waals surface area contributed by atoms with Crippen LogP contribution < -0.4 is 10.2 Å². The number of amides is 2. The molecule has 2 heterocycles. The van der Waals surface area contributed by atoms with E-state index in [1.165, 1.54) is 0 Å². The van der Waals surface area contributed by atoms with E-state index in [-0.39, 0.29) is 17.4 Å². The number of nitrogens with one attached hydrogen (secondary N) is 1. The van der Waals surface area contributed by atoms with Crippen LogP contribution in [-0.4, -0.2) is 55.1 Å². The molecule has 130 valence electrons. The highest BCUT2D eigenvalue weighted by Crippen LogP contribution is 2.29. The Bertz CT molecular complexity index is 630. The molecule has 6 heteroatoms. The summed E-state index contributed by atoms with van der Waals surface area (Å²) in [6.07, 6.45) is 1.44. The van der Waals surface area contributed by atoms with Crippen molar-refractivity contribution in [1.82, 2.24) is 4.90 Å². The molecule has 2 amide bonds. The minimum atomic E-state index is -0.224. The lowest BCUT2D eigenvalue weighted by Gasteiger charge is -2.37. The van der Waals surface area contributed by atoms with Crippen LogP contribution in [0, 0.1) is 0 Å². The van der Waals surface area contributed by atoms with Crippen LogP contribution in [0.1, 0.15) is 26.7 Å². The third-order valence-corrected chi connectivity index (χ3v) is 4.41.